The molecule has 0 saturated carbocycles. The molecule has 0 spiro atoms. The zero-order valence-electron chi connectivity index (χ0n) is 11.8. The molecule has 1 fully saturated rings. The summed E-state index contributed by atoms with van der Waals surface area (Å²) in [4.78, 5) is 12.4. The van der Waals surface area contributed by atoms with Crippen molar-refractivity contribution in [3.8, 4) is 0 Å². The first-order chi connectivity index (χ1) is 9.55. The lowest BCUT2D eigenvalue weighted by Gasteiger charge is -2.51. The second-order valence-electron chi connectivity index (χ2n) is 5.67. The highest BCUT2D eigenvalue weighted by atomic mass is 32.1. The van der Waals surface area contributed by atoms with Gasteiger partial charge in [-0.3, -0.25) is 4.79 Å². The van der Waals surface area contributed by atoms with Gasteiger partial charge in [0.15, 0.2) is 10.8 Å². The Morgan fingerprint density at radius 1 is 1.50 bits per heavy atom. The minimum absolute atomic E-state index is 0.100. The van der Waals surface area contributed by atoms with E-state index in [1.165, 1.54) is 5.57 Å². The summed E-state index contributed by atoms with van der Waals surface area (Å²) < 4.78 is 11.4. The molecular formula is C14H20N2O3S. The molecule has 2 heterocycles. The van der Waals surface area contributed by atoms with Crippen LogP contribution in [0.4, 0.5) is 0 Å². The third-order valence-electron chi connectivity index (χ3n) is 4.28. The zero-order chi connectivity index (χ0) is 14.3. The highest BCUT2D eigenvalue weighted by Crippen LogP contribution is 2.43. The van der Waals surface area contributed by atoms with Gasteiger partial charge >= 0.3 is 5.97 Å². The lowest BCUT2D eigenvalue weighted by atomic mass is 9.76. The quantitative estimate of drug-likeness (QED) is 0.596. The molecule has 2 unspecified atom stereocenters. The standard InChI is InChI=1S/C14H20N2O3S/c1-3-18-12(17)10-11-8-6-4-5-7-9(8)19-14(10,2)16-13(20)15-11/h10-11H,3-7H2,1-2H3,(H2,15,16,20)/t10?,11?,14-/m1/s1. The number of hydrogen-bond acceptors (Lipinski definition) is 4. The van der Waals surface area contributed by atoms with E-state index >= 15 is 0 Å². The van der Waals surface area contributed by atoms with Gasteiger partial charge in [-0.05, 0) is 50.9 Å². The van der Waals surface area contributed by atoms with Crippen molar-refractivity contribution in [2.75, 3.05) is 6.61 Å². The van der Waals surface area contributed by atoms with Crippen molar-refractivity contribution >= 4 is 23.3 Å². The van der Waals surface area contributed by atoms with Gasteiger partial charge in [0.25, 0.3) is 0 Å². The fraction of sp³-hybridized carbons (Fsp3) is 0.714. The fourth-order valence-electron chi connectivity index (χ4n) is 3.45. The molecule has 3 atom stereocenters. The zero-order valence-corrected chi connectivity index (χ0v) is 12.6. The van der Waals surface area contributed by atoms with Crippen molar-refractivity contribution in [3.05, 3.63) is 11.3 Å². The molecule has 2 aliphatic heterocycles. The maximum absolute atomic E-state index is 12.4. The Morgan fingerprint density at radius 3 is 3.00 bits per heavy atom. The van der Waals surface area contributed by atoms with Crippen LogP contribution in [0.3, 0.4) is 0 Å². The molecule has 0 aromatic rings. The number of ether oxygens (including phenoxy) is 2. The van der Waals surface area contributed by atoms with Crippen LogP contribution in [0.25, 0.3) is 0 Å². The number of thiocarbonyl (C=S) groups is 1. The van der Waals surface area contributed by atoms with E-state index in [9.17, 15) is 4.79 Å². The molecule has 0 aromatic heterocycles. The summed E-state index contributed by atoms with van der Waals surface area (Å²) >= 11 is 5.25. The summed E-state index contributed by atoms with van der Waals surface area (Å²) in [7, 11) is 0. The SMILES string of the molecule is CCOC(=O)C1C2NC(=S)N[C@]1(C)OC1=C2CCCC1. The second-order valence-corrected chi connectivity index (χ2v) is 6.08. The van der Waals surface area contributed by atoms with Crippen molar-refractivity contribution in [3.63, 3.8) is 0 Å². The van der Waals surface area contributed by atoms with Crippen LogP contribution in [0, 0.1) is 5.92 Å². The van der Waals surface area contributed by atoms with Crippen LogP contribution in [-0.2, 0) is 14.3 Å². The third kappa shape index (κ3) is 2.06. The topological polar surface area (TPSA) is 59.6 Å². The molecule has 0 radical (unpaired) electrons. The van der Waals surface area contributed by atoms with E-state index in [0.717, 1.165) is 31.4 Å². The first-order valence-corrected chi connectivity index (χ1v) is 7.62. The van der Waals surface area contributed by atoms with Gasteiger partial charge < -0.3 is 20.1 Å². The molecule has 1 aliphatic carbocycles. The Morgan fingerprint density at radius 2 is 2.25 bits per heavy atom. The lowest BCUT2D eigenvalue weighted by molar-refractivity contribution is -0.167. The van der Waals surface area contributed by atoms with Crippen LogP contribution in [-0.4, -0.2) is 29.5 Å². The normalized spacial score (nSPS) is 35.4. The Labute approximate surface area is 124 Å². The number of allylic oxidation sites excluding steroid dienone is 1. The number of hydrogen-bond donors (Lipinski definition) is 2. The molecule has 6 heteroatoms. The average Bonchev–Trinajstić information content (AvgIpc) is 2.37. The molecule has 110 valence electrons. The number of nitrogens with one attached hydrogen (secondary N) is 2. The van der Waals surface area contributed by atoms with Gasteiger partial charge in [0.1, 0.15) is 11.7 Å². The molecule has 5 nitrogen and oxygen atoms in total. The molecule has 1 saturated heterocycles. The maximum Gasteiger partial charge on any atom is 0.317 e. The molecule has 3 rings (SSSR count). The molecule has 0 amide bonds. The van der Waals surface area contributed by atoms with Crippen LogP contribution in [0.15, 0.2) is 11.3 Å². The number of fused-ring (bicyclic) bond motifs is 3. The van der Waals surface area contributed by atoms with E-state index in [1.54, 1.807) is 0 Å². The molecule has 0 aromatic carbocycles. The first-order valence-electron chi connectivity index (χ1n) is 7.21. The summed E-state index contributed by atoms with van der Waals surface area (Å²) in [6.07, 6.45) is 4.16. The summed E-state index contributed by atoms with van der Waals surface area (Å²) in [6.45, 7) is 4.07. The van der Waals surface area contributed by atoms with Gasteiger partial charge in [-0.15, -0.1) is 0 Å². The van der Waals surface area contributed by atoms with E-state index < -0.39 is 11.6 Å². The monoisotopic (exact) mass is 296 g/mol. The van der Waals surface area contributed by atoms with Gasteiger partial charge in [0.05, 0.1) is 12.6 Å². The van der Waals surface area contributed by atoms with Crippen LogP contribution < -0.4 is 10.6 Å². The predicted octanol–water partition coefficient (Wildman–Crippen LogP) is 1.59. The Hall–Kier alpha value is -1.30. The lowest BCUT2D eigenvalue weighted by Crippen LogP contribution is -2.72. The summed E-state index contributed by atoms with van der Waals surface area (Å²) in [6, 6.07) is -0.100. The summed E-state index contributed by atoms with van der Waals surface area (Å²) in [5, 5.41) is 6.89. The molecule has 3 aliphatic rings. The fourth-order valence-corrected chi connectivity index (χ4v) is 3.78. The van der Waals surface area contributed by atoms with E-state index in [4.69, 9.17) is 21.7 Å². The predicted molar refractivity (Wildman–Crippen MR) is 77.8 cm³/mol. The van der Waals surface area contributed by atoms with Gasteiger partial charge in [0.2, 0.25) is 0 Å². The van der Waals surface area contributed by atoms with Crippen LogP contribution >= 0.6 is 12.2 Å². The number of carbonyl (C=O) groups excluding carboxylic acids is 1. The van der Waals surface area contributed by atoms with Crippen molar-refractivity contribution < 1.29 is 14.3 Å². The van der Waals surface area contributed by atoms with E-state index in [-0.39, 0.29) is 12.0 Å². The van der Waals surface area contributed by atoms with E-state index in [0.29, 0.717) is 11.7 Å². The molecular weight excluding hydrogens is 276 g/mol. The molecule has 2 bridgehead atoms. The number of esters is 1. The smallest absolute Gasteiger partial charge is 0.317 e. The summed E-state index contributed by atoms with van der Waals surface area (Å²) in [5.74, 6) is 0.373. The largest absolute Gasteiger partial charge is 0.472 e. The minimum atomic E-state index is -0.810. The van der Waals surface area contributed by atoms with E-state index in [2.05, 4.69) is 10.6 Å². The highest BCUT2D eigenvalue weighted by molar-refractivity contribution is 7.80. The van der Waals surface area contributed by atoms with Crippen LogP contribution in [0.1, 0.15) is 39.5 Å². The van der Waals surface area contributed by atoms with Crippen LogP contribution in [0.2, 0.25) is 0 Å². The number of rotatable bonds is 2. The van der Waals surface area contributed by atoms with Crippen LogP contribution in [0.5, 0.6) is 0 Å². The second kappa shape index (κ2) is 4.91. The van der Waals surface area contributed by atoms with Gasteiger partial charge in [0, 0.05) is 6.42 Å². The third-order valence-corrected chi connectivity index (χ3v) is 4.50. The molecule has 2 N–H and O–H groups in total. The van der Waals surface area contributed by atoms with Crippen molar-refractivity contribution in [1.29, 1.82) is 0 Å². The maximum atomic E-state index is 12.4. The summed E-state index contributed by atoms with van der Waals surface area (Å²) in [5.41, 5.74) is 0.380. The van der Waals surface area contributed by atoms with E-state index in [1.807, 2.05) is 13.8 Å². The average molecular weight is 296 g/mol. The highest BCUT2D eigenvalue weighted by Gasteiger charge is 2.56. The van der Waals surface area contributed by atoms with Gasteiger partial charge in [-0.25, -0.2) is 0 Å². The minimum Gasteiger partial charge on any atom is -0.472 e. The van der Waals surface area contributed by atoms with Gasteiger partial charge in [-0.1, -0.05) is 0 Å². The van der Waals surface area contributed by atoms with Crippen molar-refractivity contribution in [2.45, 2.75) is 51.3 Å². The number of carbonyl (C=O) groups is 1. The molecule has 20 heavy (non-hydrogen) atoms. The van der Waals surface area contributed by atoms with Crippen molar-refractivity contribution in [1.82, 2.24) is 10.6 Å². The Bertz CT molecular complexity index is 491. The Kier molecular flexibility index (Phi) is 3.36. The Balaban J connectivity index is 2.01. The van der Waals surface area contributed by atoms with Crippen molar-refractivity contribution in [2.24, 2.45) is 5.92 Å². The van der Waals surface area contributed by atoms with Gasteiger partial charge in [-0.2, -0.15) is 0 Å². The first kappa shape index (κ1) is 13.7.